The summed E-state index contributed by atoms with van der Waals surface area (Å²) in [6, 6.07) is 9.40. The summed E-state index contributed by atoms with van der Waals surface area (Å²) in [7, 11) is 2.94. The zero-order valence-electron chi connectivity index (χ0n) is 18.2. The van der Waals surface area contributed by atoms with E-state index in [1.165, 1.54) is 31.5 Å². The summed E-state index contributed by atoms with van der Waals surface area (Å²) in [6.45, 7) is 1.55. The van der Waals surface area contributed by atoms with Gasteiger partial charge in [-0.25, -0.2) is 4.98 Å². The van der Waals surface area contributed by atoms with Crippen LogP contribution in [0, 0.1) is 11.5 Å². The average Bonchev–Trinajstić information content (AvgIpc) is 3.32. The van der Waals surface area contributed by atoms with Crippen LogP contribution >= 0.6 is 0 Å². The van der Waals surface area contributed by atoms with Crippen molar-refractivity contribution in [1.29, 1.82) is 5.26 Å². The van der Waals surface area contributed by atoms with E-state index in [0.29, 0.717) is 54.5 Å². The number of ether oxygens (including phenoxy) is 2. The molecule has 0 aliphatic carbocycles. The number of hydrogen-bond donors (Lipinski definition) is 1. The summed E-state index contributed by atoms with van der Waals surface area (Å²) in [5.41, 5.74) is 1.51. The van der Waals surface area contributed by atoms with Gasteiger partial charge in [-0.3, -0.25) is 9.59 Å². The Kier molecular flexibility index (Phi) is 6.22. The van der Waals surface area contributed by atoms with Crippen LogP contribution in [0.4, 0.5) is 0 Å². The molecule has 0 saturated carbocycles. The summed E-state index contributed by atoms with van der Waals surface area (Å²) in [4.78, 5) is 40.7. The molecule has 168 valence electrons. The van der Waals surface area contributed by atoms with Crippen molar-refractivity contribution in [2.45, 2.75) is 0 Å². The van der Waals surface area contributed by atoms with Crippen LogP contribution in [-0.2, 0) is 4.79 Å². The number of nitrogens with one attached hydrogen (secondary N) is 1. The van der Waals surface area contributed by atoms with Crippen molar-refractivity contribution in [2.24, 2.45) is 4.99 Å². The number of piperazine rings is 1. The van der Waals surface area contributed by atoms with Crippen molar-refractivity contribution >= 4 is 28.4 Å². The van der Waals surface area contributed by atoms with Crippen molar-refractivity contribution in [2.75, 3.05) is 40.4 Å². The van der Waals surface area contributed by atoms with E-state index in [2.05, 4.69) is 15.0 Å². The molecule has 2 aromatic heterocycles. The Labute approximate surface area is 190 Å². The minimum absolute atomic E-state index is 0.200. The SMILES string of the molecule is COc1ncc(OC)c2c(C(=O)C(=O)N3CCN(/C(=N/C#N)c4ccccc4)CC3)c[nH]c12. The number of Topliss-reactive ketones (excluding diaryl/α,β-unsaturated/α-hetero) is 1. The number of fused-ring (bicyclic) bond motifs is 1. The van der Waals surface area contributed by atoms with E-state index < -0.39 is 11.7 Å². The zero-order chi connectivity index (χ0) is 23.4. The quantitative estimate of drug-likeness (QED) is 0.208. The lowest BCUT2D eigenvalue weighted by Crippen LogP contribution is -2.52. The van der Waals surface area contributed by atoms with Gasteiger partial charge in [-0.2, -0.15) is 10.3 Å². The lowest BCUT2D eigenvalue weighted by atomic mass is 10.1. The predicted molar refractivity (Wildman–Crippen MR) is 120 cm³/mol. The van der Waals surface area contributed by atoms with Crippen LogP contribution in [0.15, 0.2) is 47.7 Å². The molecule has 33 heavy (non-hydrogen) atoms. The number of methoxy groups -OCH3 is 2. The topological polar surface area (TPSA) is 124 Å². The molecule has 1 fully saturated rings. The normalized spacial score (nSPS) is 14.2. The van der Waals surface area contributed by atoms with Gasteiger partial charge in [-0.15, -0.1) is 0 Å². The minimum Gasteiger partial charge on any atom is -0.494 e. The number of aromatic nitrogens is 2. The van der Waals surface area contributed by atoms with Gasteiger partial charge < -0.3 is 24.3 Å². The van der Waals surface area contributed by atoms with Crippen molar-refractivity contribution in [3.63, 3.8) is 0 Å². The molecule has 4 rings (SSSR count). The van der Waals surface area contributed by atoms with Gasteiger partial charge in [0.25, 0.3) is 11.7 Å². The van der Waals surface area contributed by atoms with Crippen molar-refractivity contribution in [3.8, 4) is 17.8 Å². The number of nitrogens with zero attached hydrogens (tertiary/aromatic N) is 5. The highest BCUT2D eigenvalue weighted by atomic mass is 16.5. The molecule has 1 aliphatic rings. The smallest absolute Gasteiger partial charge is 0.295 e. The molecule has 10 heteroatoms. The molecular weight excluding hydrogens is 424 g/mol. The Balaban J connectivity index is 1.52. The Morgan fingerprint density at radius 3 is 2.42 bits per heavy atom. The minimum atomic E-state index is -0.643. The number of aliphatic imine (C=N–C) groups is 1. The molecule has 3 aromatic rings. The van der Waals surface area contributed by atoms with Gasteiger partial charge in [-0.1, -0.05) is 30.3 Å². The van der Waals surface area contributed by atoms with Crippen LogP contribution in [-0.4, -0.2) is 77.7 Å². The van der Waals surface area contributed by atoms with Crippen molar-refractivity contribution in [1.82, 2.24) is 19.8 Å². The largest absolute Gasteiger partial charge is 0.494 e. The van der Waals surface area contributed by atoms with E-state index in [0.717, 1.165) is 5.56 Å². The number of amides is 1. The number of ketones is 1. The number of H-pyrrole nitrogens is 1. The predicted octanol–water partition coefficient (Wildman–Crippen LogP) is 1.83. The number of carbonyl (C=O) groups excluding carboxylic acids is 2. The highest BCUT2D eigenvalue weighted by Crippen LogP contribution is 2.33. The number of rotatable bonds is 5. The summed E-state index contributed by atoms with van der Waals surface area (Å²) in [6.07, 6.45) is 4.78. The molecule has 0 bridgehead atoms. The molecular formula is C23H22N6O4. The van der Waals surface area contributed by atoms with Crippen LogP contribution in [0.5, 0.6) is 11.6 Å². The fourth-order valence-electron chi connectivity index (χ4n) is 3.92. The van der Waals surface area contributed by atoms with Gasteiger partial charge in [0, 0.05) is 37.9 Å². The fraction of sp³-hybridized carbons (Fsp3) is 0.261. The second-order valence-electron chi connectivity index (χ2n) is 7.30. The first kappa shape index (κ1) is 21.8. The standard InChI is InChI=1S/C23H22N6O4/c1-32-17-13-26-22(33-2)19-18(17)16(12-25-19)20(30)23(31)29-10-8-28(9-11-29)21(27-14-24)15-6-4-3-5-7-15/h3-7,12-13,25H,8-11H2,1-2H3/b27-21+. The van der Waals surface area contributed by atoms with E-state index in [4.69, 9.17) is 14.7 Å². The lowest BCUT2D eigenvalue weighted by Gasteiger charge is -2.36. The number of carbonyl (C=O) groups is 2. The highest BCUT2D eigenvalue weighted by Gasteiger charge is 2.31. The molecule has 0 atom stereocenters. The first-order valence-electron chi connectivity index (χ1n) is 10.3. The van der Waals surface area contributed by atoms with Gasteiger partial charge in [0.2, 0.25) is 12.1 Å². The van der Waals surface area contributed by atoms with Crippen LogP contribution in [0.2, 0.25) is 0 Å². The molecule has 1 saturated heterocycles. The molecule has 1 amide bonds. The van der Waals surface area contributed by atoms with Crippen molar-refractivity contribution < 1.29 is 19.1 Å². The van der Waals surface area contributed by atoms with Gasteiger partial charge in [0.15, 0.2) is 0 Å². The number of nitriles is 1. The van der Waals surface area contributed by atoms with E-state index >= 15 is 0 Å². The van der Waals surface area contributed by atoms with E-state index in [9.17, 15) is 9.59 Å². The number of benzene rings is 1. The van der Waals surface area contributed by atoms with E-state index in [-0.39, 0.29) is 5.56 Å². The zero-order valence-corrected chi connectivity index (χ0v) is 18.2. The molecule has 10 nitrogen and oxygen atoms in total. The molecule has 0 spiro atoms. The third kappa shape index (κ3) is 4.08. The Hall–Kier alpha value is -4.39. The van der Waals surface area contributed by atoms with E-state index in [1.807, 2.05) is 41.4 Å². The Morgan fingerprint density at radius 2 is 1.79 bits per heavy atom. The van der Waals surface area contributed by atoms with Gasteiger partial charge in [-0.05, 0) is 0 Å². The highest BCUT2D eigenvalue weighted by molar-refractivity contribution is 6.45. The van der Waals surface area contributed by atoms with Crippen molar-refractivity contribution in [3.05, 3.63) is 53.9 Å². The maximum Gasteiger partial charge on any atom is 0.295 e. The summed E-state index contributed by atoms with van der Waals surface area (Å²) < 4.78 is 10.6. The van der Waals surface area contributed by atoms with Gasteiger partial charge in [0.1, 0.15) is 17.1 Å². The third-order valence-corrected chi connectivity index (χ3v) is 5.55. The Morgan fingerprint density at radius 1 is 1.09 bits per heavy atom. The monoisotopic (exact) mass is 446 g/mol. The number of amidine groups is 1. The summed E-state index contributed by atoms with van der Waals surface area (Å²) in [5, 5.41) is 9.57. The second kappa shape index (κ2) is 9.40. The second-order valence-corrected chi connectivity index (χ2v) is 7.30. The summed E-state index contributed by atoms with van der Waals surface area (Å²) >= 11 is 0. The maximum absolute atomic E-state index is 13.1. The molecule has 1 N–H and O–H groups in total. The van der Waals surface area contributed by atoms with Crippen LogP contribution < -0.4 is 9.47 Å². The number of hydrogen-bond acceptors (Lipinski definition) is 7. The first-order chi connectivity index (χ1) is 16.1. The average molecular weight is 446 g/mol. The van der Waals surface area contributed by atoms with Crippen LogP contribution in [0.1, 0.15) is 15.9 Å². The third-order valence-electron chi connectivity index (χ3n) is 5.55. The Bertz CT molecular complexity index is 1250. The molecule has 0 unspecified atom stereocenters. The maximum atomic E-state index is 13.1. The van der Waals surface area contributed by atoms with Gasteiger partial charge in [0.05, 0.1) is 31.4 Å². The van der Waals surface area contributed by atoms with Crippen LogP contribution in [0.3, 0.4) is 0 Å². The van der Waals surface area contributed by atoms with E-state index in [1.54, 1.807) is 0 Å². The molecule has 0 radical (unpaired) electrons. The fourth-order valence-corrected chi connectivity index (χ4v) is 3.92. The lowest BCUT2D eigenvalue weighted by molar-refractivity contribution is -0.127. The van der Waals surface area contributed by atoms with Gasteiger partial charge >= 0.3 is 0 Å². The number of aromatic amines is 1. The first-order valence-corrected chi connectivity index (χ1v) is 10.3. The molecule has 3 heterocycles. The van der Waals surface area contributed by atoms with Crippen LogP contribution in [0.25, 0.3) is 10.9 Å². The molecule has 1 aliphatic heterocycles. The molecule has 1 aromatic carbocycles. The summed E-state index contributed by atoms with van der Waals surface area (Å²) in [5.74, 6) is -0.0241. The number of pyridine rings is 1.